The molecular formula is C22H25N7O2. The molecule has 0 unspecified atom stereocenters. The van der Waals surface area contributed by atoms with Crippen LogP contribution in [0, 0.1) is 13.8 Å². The molecule has 2 N–H and O–H groups in total. The molecule has 0 atom stereocenters. The Kier molecular flexibility index (Phi) is 4.82. The van der Waals surface area contributed by atoms with Gasteiger partial charge < -0.3 is 19.8 Å². The first-order chi connectivity index (χ1) is 15.0. The molecule has 4 heterocycles. The minimum absolute atomic E-state index is 0.169. The van der Waals surface area contributed by atoms with E-state index in [1.165, 1.54) is 0 Å². The monoisotopic (exact) mass is 419 g/mol. The van der Waals surface area contributed by atoms with Gasteiger partial charge in [-0.2, -0.15) is 5.10 Å². The van der Waals surface area contributed by atoms with Gasteiger partial charge in [0.05, 0.1) is 28.5 Å². The van der Waals surface area contributed by atoms with E-state index in [1.54, 1.807) is 16.9 Å². The molecule has 3 aromatic heterocycles. The molecule has 9 nitrogen and oxygen atoms in total. The molecule has 1 amide bonds. The third-order valence-corrected chi connectivity index (χ3v) is 5.54. The van der Waals surface area contributed by atoms with E-state index in [0.29, 0.717) is 16.9 Å². The number of hydrogen-bond acceptors (Lipinski definition) is 6. The van der Waals surface area contributed by atoms with Gasteiger partial charge in [-0.05, 0) is 51.9 Å². The van der Waals surface area contributed by atoms with Gasteiger partial charge in [-0.1, -0.05) is 0 Å². The summed E-state index contributed by atoms with van der Waals surface area (Å²) in [4.78, 5) is 22.0. The molecule has 0 aliphatic carbocycles. The van der Waals surface area contributed by atoms with Gasteiger partial charge >= 0.3 is 0 Å². The Morgan fingerprint density at radius 2 is 1.97 bits per heavy atom. The fourth-order valence-electron chi connectivity index (χ4n) is 4.12. The minimum Gasteiger partial charge on any atom is -0.490 e. The Bertz CT molecular complexity index is 1280. The Labute approximate surface area is 179 Å². The summed E-state index contributed by atoms with van der Waals surface area (Å²) in [5, 5.41) is 11.6. The Morgan fingerprint density at radius 1 is 1.16 bits per heavy atom. The predicted octanol–water partition coefficient (Wildman–Crippen LogP) is 2.62. The van der Waals surface area contributed by atoms with Crippen LogP contribution in [0.4, 0.5) is 5.82 Å². The van der Waals surface area contributed by atoms with Gasteiger partial charge in [-0.25, -0.2) is 4.98 Å². The van der Waals surface area contributed by atoms with Gasteiger partial charge in [0.1, 0.15) is 17.4 Å². The number of aromatic nitrogens is 5. The smallest absolute Gasteiger partial charge is 0.259 e. The number of anilines is 1. The third-order valence-electron chi connectivity index (χ3n) is 5.54. The summed E-state index contributed by atoms with van der Waals surface area (Å²) in [6.45, 7) is 5.74. The lowest BCUT2D eigenvalue weighted by Gasteiger charge is -2.24. The molecule has 9 heteroatoms. The number of rotatable bonds is 4. The van der Waals surface area contributed by atoms with Crippen LogP contribution in [0.1, 0.15) is 34.6 Å². The topological polar surface area (TPSA) is 98.4 Å². The second-order valence-electron chi connectivity index (χ2n) is 8.02. The number of aryl methyl sites for hydroxylation is 3. The van der Waals surface area contributed by atoms with E-state index in [9.17, 15) is 4.79 Å². The summed E-state index contributed by atoms with van der Waals surface area (Å²) in [7, 11) is 1.84. The van der Waals surface area contributed by atoms with Crippen molar-refractivity contribution in [2.75, 3.05) is 18.4 Å². The second kappa shape index (κ2) is 7.66. The average Bonchev–Trinajstić information content (AvgIpc) is 3.32. The maximum Gasteiger partial charge on any atom is 0.259 e. The van der Waals surface area contributed by atoms with Crippen molar-refractivity contribution in [3.05, 3.63) is 47.7 Å². The molecule has 4 aromatic rings. The van der Waals surface area contributed by atoms with Crippen LogP contribution in [0.15, 0.2) is 30.7 Å². The van der Waals surface area contributed by atoms with E-state index in [-0.39, 0.29) is 12.0 Å². The van der Waals surface area contributed by atoms with Crippen molar-refractivity contribution >= 4 is 28.3 Å². The number of piperidine rings is 1. The number of benzene rings is 1. The van der Waals surface area contributed by atoms with Crippen LogP contribution in [0.5, 0.6) is 5.75 Å². The van der Waals surface area contributed by atoms with Crippen molar-refractivity contribution in [2.24, 2.45) is 7.05 Å². The van der Waals surface area contributed by atoms with Crippen LogP contribution in [0.3, 0.4) is 0 Å². The first-order valence-electron chi connectivity index (χ1n) is 10.5. The molecule has 31 heavy (non-hydrogen) atoms. The molecule has 160 valence electrons. The number of carbonyl (C=O) groups excluding carboxylic acids is 1. The number of hydrogen-bond donors (Lipinski definition) is 2. The Balaban J connectivity index is 1.45. The maximum atomic E-state index is 13.1. The quantitative estimate of drug-likeness (QED) is 0.528. The van der Waals surface area contributed by atoms with Crippen molar-refractivity contribution in [3.63, 3.8) is 0 Å². The van der Waals surface area contributed by atoms with Crippen LogP contribution < -0.4 is 15.4 Å². The summed E-state index contributed by atoms with van der Waals surface area (Å²) >= 11 is 0. The van der Waals surface area contributed by atoms with Crippen molar-refractivity contribution in [1.29, 1.82) is 0 Å². The maximum absolute atomic E-state index is 13.1. The number of carbonyl (C=O) groups is 1. The zero-order valence-electron chi connectivity index (χ0n) is 17.8. The van der Waals surface area contributed by atoms with Gasteiger partial charge in [0.25, 0.3) is 5.91 Å². The minimum atomic E-state index is -0.261. The number of fused-ring (bicyclic) bond motifs is 2. The summed E-state index contributed by atoms with van der Waals surface area (Å²) in [5.74, 6) is 0.971. The molecule has 1 aromatic carbocycles. The fourth-order valence-corrected chi connectivity index (χ4v) is 4.12. The van der Waals surface area contributed by atoms with E-state index in [2.05, 4.69) is 25.7 Å². The summed E-state index contributed by atoms with van der Waals surface area (Å²) < 4.78 is 9.83. The van der Waals surface area contributed by atoms with E-state index < -0.39 is 0 Å². The summed E-state index contributed by atoms with van der Waals surface area (Å²) in [6.07, 6.45) is 7.67. The molecule has 1 aliphatic rings. The van der Waals surface area contributed by atoms with Gasteiger partial charge in [0, 0.05) is 19.4 Å². The number of amides is 1. The van der Waals surface area contributed by atoms with Gasteiger partial charge in [0.2, 0.25) is 0 Å². The molecule has 1 aliphatic heterocycles. The standard InChI is InChI=1S/C22H25N7O2/c1-13-10-29-12-19(25-21(29)14(2)24-13)26-22(30)16-4-5-18(17-11-28(3)27-20(16)17)31-15-6-8-23-9-7-15/h4-5,10-12,15,23H,6-9H2,1-3H3,(H,26,30). The van der Waals surface area contributed by atoms with Crippen LogP contribution >= 0.6 is 0 Å². The van der Waals surface area contributed by atoms with E-state index in [4.69, 9.17) is 4.74 Å². The molecular weight excluding hydrogens is 394 g/mol. The first-order valence-corrected chi connectivity index (χ1v) is 10.5. The lowest BCUT2D eigenvalue weighted by atomic mass is 10.1. The second-order valence-corrected chi connectivity index (χ2v) is 8.02. The van der Waals surface area contributed by atoms with Gasteiger partial charge in [0.15, 0.2) is 11.5 Å². The molecule has 1 fully saturated rings. The van der Waals surface area contributed by atoms with Crippen molar-refractivity contribution < 1.29 is 9.53 Å². The molecule has 0 radical (unpaired) electrons. The number of imidazole rings is 1. The SMILES string of the molecule is Cc1cn2cc(NC(=O)c3ccc(OC4CCNCC4)c4cn(C)nc34)nc2c(C)n1. The van der Waals surface area contributed by atoms with E-state index in [0.717, 1.165) is 54.1 Å². The first kappa shape index (κ1) is 19.5. The van der Waals surface area contributed by atoms with Crippen LogP contribution in [0.25, 0.3) is 16.6 Å². The fraction of sp³-hybridized carbons (Fsp3) is 0.364. The Hall–Kier alpha value is -3.46. The van der Waals surface area contributed by atoms with Crippen molar-refractivity contribution in [1.82, 2.24) is 29.5 Å². The molecule has 1 saturated heterocycles. The molecule has 5 rings (SSSR count). The predicted molar refractivity (Wildman–Crippen MR) is 118 cm³/mol. The number of nitrogens with zero attached hydrogens (tertiary/aromatic N) is 5. The van der Waals surface area contributed by atoms with Gasteiger partial charge in [-0.15, -0.1) is 0 Å². The van der Waals surface area contributed by atoms with Crippen LogP contribution in [-0.4, -0.2) is 49.2 Å². The lowest BCUT2D eigenvalue weighted by molar-refractivity contribution is 0.102. The number of ether oxygens (including phenoxy) is 1. The van der Waals surface area contributed by atoms with Crippen molar-refractivity contribution in [3.8, 4) is 5.75 Å². The Morgan fingerprint density at radius 3 is 2.77 bits per heavy atom. The zero-order valence-corrected chi connectivity index (χ0v) is 17.8. The van der Waals surface area contributed by atoms with Crippen LogP contribution in [0.2, 0.25) is 0 Å². The van der Waals surface area contributed by atoms with E-state index in [1.807, 2.05) is 43.8 Å². The number of nitrogens with one attached hydrogen (secondary N) is 2. The van der Waals surface area contributed by atoms with E-state index >= 15 is 0 Å². The lowest BCUT2D eigenvalue weighted by Crippen LogP contribution is -2.34. The zero-order chi connectivity index (χ0) is 21.5. The largest absolute Gasteiger partial charge is 0.490 e. The normalized spacial score (nSPS) is 14.9. The average molecular weight is 419 g/mol. The highest BCUT2D eigenvalue weighted by Crippen LogP contribution is 2.30. The summed E-state index contributed by atoms with van der Waals surface area (Å²) in [6, 6.07) is 3.63. The highest BCUT2D eigenvalue weighted by atomic mass is 16.5. The molecule has 0 bridgehead atoms. The van der Waals surface area contributed by atoms with Crippen molar-refractivity contribution in [2.45, 2.75) is 32.8 Å². The highest BCUT2D eigenvalue weighted by molar-refractivity contribution is 6.12. The van der Waals surface area contributed by atoms with Gasteiger partial charge in [-0.3, -0.25) is 14.5 Å². The van der Waals surface area contributed by atoms with Crippen LogP contribution in [-0.2, 0) is 7.05 Å². The highest BCUT2D eigenvalue weighted by Gasteiger charge is 2.21. The molecule has 0 spiro atoms. The third kappa shape index (κ3) is 3.72. The molecule has 0 saturated carbocycles. The summed E-state index contributed by atoms with van der Waals surface area (Å²) in [5.41, 5.74) is 3.52.